The quantitative estimate of drug-likeness (QED) is 0.848. The molecule has 1 saturated heterocycles. The molecule has 138 valence electrons. The highest BCUT2D eigenvalue weighted by atomic mass is 16.5. The van der Waals surface area contributed by atoms with Gasteiger partial charge in [-0.3, -0.25) is 9.69 Å². The van der Waals surface area contributed by atoms with E-state index in [0.717, 1.165) is 51.1 Å². The molecule has 0 unspecified atom stereocenters. The fourth-order valence-electron chi connectivity index (χ4n) is 4.08. The number of fused-ring (bicyclic) bond motifs is 1. The third kappa shape index (κ3) is 3.40. The Morgan fingerprint density at radius 2 is 1.88 bits per heavy atom. The van der Waals surface area contributed by atoms with E-state index in [9.17, 15) is 4.79 Å². The van der Waals surface area contributed by atoms with Crippen molar-refractivity contribution in [3.63, 3.8) is 0 Å². The van der Waals surface area contributed by atoms with E-state index in [0.29, 0.717) is 11.8 Å². The summed E-state index contributed by atoms with van der Waals surface area (Å²) in [6, 6.07) is 11.1. The second-order valence-electron chi connectivity index (χ2n) is 7.78. The summed E-state index contributed by atoms with van der Waals surface area (Å²) in [4.78, 5) is 17.2. The predicted molar refractivity (Wildman–Crippen MR) is 100 cm³/mol. The second kappa shape index (κ2) is 7.23. The number of carbonyl (C=O) groups is 1. The van der Waals surface area contributed by atoms with E-state index < -0.39 is 0 Å². The molecule has 0 spiro atoms. The Kier molecular flexibility index (Phi) is 4.81. The van der Waals surface area contributed by atoms with Gasteiger partial charge in [-0.05, 0) is 36.3 Å². The minimum absolute atomic E-state index is 0.0214. The number of hydrogen-bond acceptors (Lipinski definition) is 4. The molecule has 0 N–H and O–H groups in total. The van der Waals surface area contributed by atoms with Gasteiger partial charge in [-0.25, -0.2) is 0 Å². The van der Waals surface area contributed by atoms with Gasteiger partial charge in [0.05, 0.1) is 5.69 Å². The smallest absolute Gasteiger partial charge is 0.292 e. The van der Waals surface area contributed by atoms with E-state index in [2.05, 4.69) is 34.3 Å². The summed E-state index contributed by atoms with van der Waals surface area (Å²) in [6.45, 7) is 7.84. The molecule has 0 aliphatic carbocycles. The van der Waals surface area contributed by atoms with Crippen molar-refractivity contribution >= 4 is 5.91 Å². The number of aromatic nitrogens is 1. The fraction of sp³-hybridized carbons (Fsp3) is 0.524. The second-order valence-corrected chi connectivity index (χ2v) is 7.78. The molecule has 26 heavy (non-hydrogen) atoms. The molecule has 1 aromatic heterocycles. The molecule has 1 fully saturated rings. The van der Waals surface area contributed by atoms with Crippen molar-refractivity contribution in [2.45, 2.75) is 51.6 Å². The van der Waals surface area contributed by atoms with Gasteiger partial charge in [-0.1, -0.05) is 43.3 Å². The van der Waals surface area contributed by atoms with Crippen molar-refractivity contribution in [3.05, 3.63) is 52.9 Å². The normalized spacial score (nSPS) is 19.0. The maximum absolute atomic E-state index is 12.7. The molecule has 0 radical (unpaired) electrons. The Labute approximate surface area is 155 Å². The summed E-state index contributed by atoms with van der Waals surface area (Å²) in [5.74, 6) is 0.624. The highest BCUT2D eigenvalue weighted by molar-refractivity contribution is 5.91. The molecule has 0 atom stereocenters. The monoisotopic (exact) mass is 353 g/mol. The molecule has 5 nitrogen and oxygen atoms in total. The minimum Gasteiger partial charge on any atom is -0.351 e. The van der Waals surface area contributed by atoms with Crippen LogP contribution in [0.2, 0.25) is 0 Å². The lowest BCUT2D eigenvalue weighted by atomic mass is 9.95. The molecule has 5 heteroatoms. The first-order valence-electron chi connectivity index (χ1n) is 9.68. The molecule has 2 aliphatic heterocycles. The molecule has 0 saturated carbocycles. The summed E-state index contributed by atoms with van der Waals surface area (Å²) < 4.78 is 5.27. The Balaban J connectivity index is 1.35. The molecular formula is C21H27N3O2. The number of benzene rings is 1. The lowest BCUT2D eigenvalue weighted by Crippen LogP contribution is -2.48. The van der Waals surface area contributed by atoms with Crippen molar-refractivity contribution in [1.82, 2.24) is 15.0 Å². The van der Waals surface area contributed by atoms with Gasteiger partial charge in [0, 0.05) is 38.3 Å². The predicted octanol–water partition coefficient (Wildman–Crippen LogP) is 3.46. The van der Waals surface area contributed by atoms with Crippen LogP contribution < -0.4 is 0 Å². The Morgan fingerprint density at radius 1 is 1.15 bits per heavy atom. The number of rotatable bonds is 3. The standard InChI is InChI=1S/C21H27N3O2/c1-15(2)19-13-20(26-22-19)21(25)23-11-8-18(9-12-23)24-10-7-16-5-3-4-6-17(16)14-24/h3-6,13,15,18H,7-12,14H2,1-2H3. The lowest BCUT2D eigenvalue weighted by Gasteiger charge is -2.40. The Bertz CT molecular complexity index is 775. The largest absolute Gasteiger partial charge is 0.351 e. The van der Waals surface area contributed by atoms with Gasteiger partial charge in [0.2, 0.25) is 5.76 Å². The molecule has 4 rings (SSSR count). The number of piperidine rings is 1. The summed E-state index contributed by atoms with van der Waals surface area (Å²) in [5.41, 5.74) is 3.79. The number of nitrogens with zero attached hydrogens (tertiary/aromatic N) is 3. The summed E-state index contributed by atoms with van der Waals surface area (Å²) in [5, 5.41) is 4.01. The van der Waals surface area contributed by atoms with Crippen molar-refractivity contribution in [2.24, 2.45) is 0 Å². The molecule has 2 aromatic rings. The number of amides is 1. The summed E-state index contributed by atoms with van der Waals surface area (Å²) in [7, 11) is 0. The van der Waals surface area contributed by atoms with Gasteiger partial charge < -0.3 is 9.42 Å². The first-order chi connectivity index (χ1) is 12.6. The number of carbonyl (C=O) groups excluding carboxylic acids is 1. The SMILES string of the molecule is CC(C)c1cc(C(=O)N2CCC(N3CCc4ccccc4C3)CC2)on1. The summed E-state index contributed by atoms with van der Waals surface area (Å²) >= 11 is 0. The van der Waals surface area contributed by atoms with Gasteiger partial charge in [0.25, 0.3) is 5.91 Å². The lowest BCUT2D eigenvalue weighted by molar-refractivity contribution is 0.0563. The van der Waals surface area contributed by atoms with E-state index in [4.69, 9.17) is 4.52 Å². The van der Waals surface area contributed by atoms with Crippen LogP contribution in [0.1, 0.15) is 60.0 Å². The van der Waals surface area contributed by atoms with Gasteiger partial charge >= 0.3 is 0 Å². The maximum atomic E-state index is 12.7. The van der Waals surface area contributed by atoms with Gasteiger partial charge in [0.1, 0.15) is 0 Å². The zero-order valence-electron chi connectivity index (χ0n) is 15.6. The van der Waals surface area contributed by atoms with E-state index in [1.807, 2.05) is 18.7 Å². The highest BCUT2D eigenvalue weighted by Gasteiger charge is 2.30. The summed E-state index contributed by atoms with van der Waals surface area (Å²) in [6.07, 6.45) is 3.18. The molecule has 1 amide bonds. The molecular weight excluding hydrogens is 326 g/mol. The molecule has 3 heterocycles. The van der Waals surface area contributed by atoms with Crippen molar-refractivity contribution in [1.29, 1.82) is 0 Å². The van der Waals surface area contributed by atoms with Crippen LogP contribution in [0.4, 0.5) is 0 Å². The van der Waals surface area contributed by atoms with Crippen LogP contribution in [0.5, 0.6) is 0 Å². The average molecular weight is 353 g/mol. The van der Waals surface area contributed by atoms with Gasteiger partial charge in [-0.2, -0.15) is 0 Å². The topological polar surface area (TPSA) is 49.6 Å². The number of likely N-dealkylation sites (tertiary alicyclic amines) is 1. The van der Waals surface area contributed by atoms with E-state index in [1.54, 1.807) is 6.07 Å². The maximum Gasteiger partial charge on any atom is 0.292 e. The van der Waals surface area contributed by atoms with E-state index in [1.165, 1.54) is 11.1 Å². The third-order valence-corrected chi connectivity index (χ3v) is 5.76. The Hall–Kier alpha value is -2.14. The van der Waals surface area contributed by atoms with Crippen LogP contribution in [-0.2, 0) is 13.0 Å². The van der Waals surface area contributed by atoms with E-state index >= 15 is 0 Å². The van der Waals surface area contributed by atoms with Crippen LogP contribution >= 0.6 is 0 Å². The van der Waals surface area contributed by atoms with Crippen molar-refractivity contribution in [2.75, 3.05) is 19.6 Å². The van der Waals surface area contributed by atoms with Gasteiger partial charge in [0.15, 0.2) is 0 Å². The zero-order chi connectivity index (χ0) is 18.1. The molecule has 1 aromatic carbocycles. The molecule has 0 bridgehead atoms. The molecule has 2 aliphatic rings. The third-order valence-electron chi connectivity index (χ3n) is 5.76. The van der Waals surface area contributed by atoms with Gasteiger partial charge in [-0.15, -0.1) is 0 Å². The first kappa shape index (κ1) is 17.3. The average Bonchev–Trinajstić information content (AvgIpc) is 3.18. The number of hydrogen-bond donors (Lipinski definition) is 0. The van der Waals surface area contributed by atoms with Crippen LogP contribution in [0.15, 0.2) is 34.9 Å². The van der Waals surface area contributed by atoms with Crippen molar-refractivity contribution in [3.8, 4) is 0 Å². The highest BCUT2D eigenvalue weighted by Crippen LogP contribution is 2.25. The minimum atomic E-state index is -0.0214. The van der Waals surface area contributed by atoms with Crippen LogP contribution in [0.3, 0.4) is 0 Å². The van der Waals surface area contributed by atoms with Crippen LogP contribution in [-0.4, -0.2) is 46.5 Å². The van der Waals surface area contributed by atoms with Crippen LogP contribution in [0.25, 0.3) is 0 Å². The van der Waals surface area contributed by atoms with Crippen molar-refractivity contribution < 1.29 is 9.32 Å². The van der Waals surface area contributed by atoms with E-state index in [-0.39, 0.29) is 11.8 Å². The van der Waals surface area contributed by atoms with Crippen LogP contribution in [0, 0.1) is 0 Å². The fourth-order valence-corrected chi connectivity index (χ4v) is 4.08. The first-order valence-corrected chi connectivity index (χ1v) is 9.68. The zero-order valence-corrected chi connectivity index (χ0v) is 15.6. The Morgan fingerprint density at radius 3 is 2.58 bits per heavy atom.